The maximum Gasteiger partial charge on any atom is 0.226 e. The molecule has 2 N–H and O–H groups in total. The Bertz CT molecular complexity index is 586. The van der Waals surface area contributed by atoms with E-state index in [1.54, 1.807) is 11.3 Å². The molecule has 6 heteroatoms. The van der Waals surface area contributed by atoms with Crippen LogP contribution in [0.5, 0.6) is 0 Å². The third-order valence-corrected chi connectivity index (χ3v) is 4.57. The van der Waals surface area contributed by atoms with Crippen molar-refractivity contribution in [3.05, 3.63) is 11.4 Å². The molecule has 20 heavy (non-hydrogen) atoms. The van der Waals surface area contributed by atoms with Gasteiger partial charge in [0.1, 0.15) is 10.6 Å². The summed E-state index contributed by atoms with van der Waals surface area (Å²) < 4.78 is 0. The number of nitrogens with zero attached hydrogens (tertiary/aromatic N) is 3. The van der Waals surface area contributed by atoms with Crippen molar-refractivity contribution in [1.82, 2.24) is 9.97 Å². The molecule has 1 unspecified atom stereocenters. The van der Waals surface area contributed by atoms with Crippen LogP contribution in [0.1, 0.15) is 19.8 Å². The summed E-state index contributed by atoms with van der Waals surface area (Å²) in [6.45, 7) is 5.14. The van der Waals surface area contributed by atoms with Crippen LogP contribution < -0.4 is 10.2 Å². The van der Waals surface area contributed by atoms with Gasteiger partial charge in [-0.1, -0.05) is 0 Å². The summed E-state index contributed by atoms with van der Waals surface area (Å²) in [6, 6.07) is 2.10. The molecule has 0 spiro atoms. The van der Waals surface area contributed by atoms with Gasteiger partial charge in [0.2, 0.25) is 5.95 Å². The van der Waals surface area contributed by atoms with Gasteiger partial charge in [0, 0.05) is 26.2 Å². The molecule has 1 saturated heterocycles. The van der Waals surface area contributed by atoms with Crippen molar-refractivity contribution in [2.45, 2.75) is 19.8 Å². The largest absolute Gasteiger partial charge is 0.396 e. The molecule has 1 aliphatic rings. The molecule has 2 aromatic rings. The lowest BCUT2D eigenvalue weighted by Gasteiger charge is -2.19. The minimum atomic E-state index is 0.277. The van der Waals surface area contributed by atoms with E-state index < -0.39 is 0 Å². The average Bonchev–Trinajstić information content (AvgIpc) is 3.07. The molecule has 5 nitrogen and oxygen atoms in total. The van der Waals surface area contributed by atoms with Crippen molar-refractivity contribution < 1.29 is 5.11 Å². The normalized spacial score (nSPS) is 18.9. The zero-order valence-electron chi connectivity index (χ0n) is 11.7. The van der Waals surface area contributed by atoms with Gasteiger partial charge in [-0.05, 0) is 37.1 Å². The molecule has 1 aliphatic heterocycles. The SMILES string of the molecule is CCNc1nc(N2CCC(CCO)C2)c2ccsc2n1. The van der Waals surface area contributed by atoms with Gasteiger partial charge in [0.15, 0.2) is 0 Å². The van der Waals surface area contributed by atoms with Gasteiger partial charge in [-0.2, -0.15) is 4.98 Å². The minimum absolute atomic E-state index is 0.277. The highest BCUT2D eigenvalue weighted by molar-refractivity contribution is 7.16. The van der Waals surface area contributed by atoms with Crippen LogP contribution in [0.25, 0.3) is 10.2 Å². The predicted octanol–water partition coefficient (Wildman–Crippen LogP) is 2.33. The first kappa shape index (κ1) is 13.6. The summed E-state index contributed by atoms with van der Waals surface area (Å²) in [4.78, 5) is 12.6. The fraction of sp³-hybridized carbons (Fsp3) is 0.571. The second-order valence-corrected chi connectivity index (χ2v) is 6.05. The molecule has 0 aromatic carbocycles. The Morgan fingerprint density at radius 3 is 3.20 bits per heavy atom. The number of fused-ring (bicyclic) bond motifs is 1. The standard InChI is InChI=1S/C14H20N4OS/c1-2-15-14-16-12(11-5-8-20-13(11)17-14)18-6-3-10(9-18)4-7-19/h5,8,10,19H,2-4,6-7,9H2,1H3,(H,15,16,17). The number of aliphatic hydroxyl groups excluding tert-OH is 1. The van der Waals surface area contributed by atoms with Gasteiger partial charge in [-0.15, -0.1) is 11.3 Å². The molecule has 3 heterocycles. The third-order valence-electron chi connectivity index (χ3n) is 3.76. The van der Waals surface area contributed by atoms with Crippen molar-refractivity contribution in [2.24, 2.45) is 5.92 Å². The van der Waals surface area contributed by atoms with E-state index in [4.69, 9.17) is 5.11 Å². The Hall–Kier alpha value is -1.40. The summed E-state index contributed by atoms with van der Waals surface area (Å²) in [6.07, 6.45) is 2.02. The Morgan fingerprint density at radius 2 is 2.40 bits per heavy atom. The van der Waals surface area contributed by atoms with Crippen molar-refractivity contribution in [3.8, 4) is 0 Å². The van der Waals surface area contributed by atoms with Gasteiger partial charge in [-0.3, -0.25) is 0 Å². The number of rotatable bonds is 5. The molecule has 0 bridgehead atoms. The van der Waals surface area contributed by atoms with Crippen molar-refractivity contribution in [3.63, 3.8) is 0 Å². The zero-order chi connectivity index (χ0) is 13.9. The monoisotopic (exact) mass is 292 g/mol. The number of thiophene rings is 1. The van der Waals surface area contributed by atoms with Crippen LogP contribution in [0.4, 0.5) is 11.8 Å². The van der Waals surface area contributed by atoms with Crippen LogP contribution in [-0.2, 0) is 0 Å². The number of hydrogen-bond donors (Lipinski definition) is 2. The first-order valence-corrected chi connectivity index (χ1v) is 8.04. The van der Waals surface area contributed by atoms with E-state index in [0.29, 0.717) is 11.9 Å². The molecule has 0 saturated carbocycles. The molecule has 0 amide bonds. The fourth-order valence-electron chi connectivity index (χ4n) is 2.76. The minimum Gasteiger partial charge on any atom is -0.396 e. The quantitative estimate of drug-likeness (QED) is 0.885. The molecule has 1 atom stereocenters. The van der Waals surface area contributed by atoms with Crippen molar-refractivity contribution in [2.75, 3.05) is 36.5 Å². The van der Waals surface area contributed by atoms with Crippen molar-refractivity contribution >= 4 is 33.3 Å². The fourth-order valence-corrected chi connectivity index (χ4v) is 3.52. The average molecular weight is 292 g/mol. The number of hydrogen-bond acceptors (Lipinski definition) is 6. The molecule has 1 fully saturated rings. The molecular formula is C14H20N4OS. The zero-order valence-corrected chi connectivity index (χ0v) is 12.5. The van der Waals surface area contributed by atoms with E-state index in [0.717, 1.165) is 48.5 Å². The number of aliphatic hydroxyl groups is 1. The summed E-state index contributed by atoms with van der Waals surface area (Å²) in [7, 11) is 0. The third kappa shape index (κ3) is 2.58. The molecule has 3 rings (SSSR count). The maximum absolute atomic E-state index is 9.08. The van der Waals surface area contributed by atoms with E-state index in [2.05, 4.69) is 38.6 Å². The van der Waals surface area contributed by atoms with Gasteiger partial charge in [0.25, 0.3) is 0 Å². The van der Waals surface area contributed by atoms with Crippen LogP contribution in [0.3, 0.4) is 0 Å². The summed E-state index contributed by atoms with van der Waals surface area (Å²) in [5.74, 6) is 2.32. The topological polar surface area (TPSA) is 61.3 Å². The molecule has 108 valence electrons. The van der Waals surface area contributed by atoms with E-state index in [1.807, 2.05) is 0 Å². The highest BCUT2D eigenvalue weighted by Crippen LogP contribution is 2.32. The van der Waals surface area contributed by atoms with Crippen LogP contribution in [-0.4, -0.2) is 41.3 Å². The first-order valence-electron chi connectivity index (χ1n) is 7.16. The predicted molar refractivity (Wildman–Crippen MR) is 83.6 cm³/mol. The lowest BCUT2D eigenvalue weighted by atomic mass is 10.1. The van der Waals surface area contributed by atoms with Gasteiger partial charge in [-0.25, -0.2) is 4.98 Å². The maximum atomic E-state index is 9.08. The molecule has 0 aliphatic carbocycles. The Labute approximate surface area is 122 Å². The van der Waals surface area contributed by atoms with E-state index in [-0.39, 0.29) is 6.61 Å². The van der Waals surface area contributed by atoms with Crippen LogP contribution >= 0.6 is 11.3 Å². The molecule has 2 aromatic heterocycles. The Balaban J connectivity index is 1.91. The summed E-state index contributed by atoms with van der Waals surface area (Å²) >= 11 is 1.65. The molecule has 0 radical (unpaired) electrons. The molecular weight excluding hydrogens is 272 g/mol. The van der Waals surface area contributed by atoms with Gasteiger partial charge < -0.3 is 15.3 Å². The summed E-state index contributed by atoms with van der Waals surface area (Å²) in [5.41, 5.74) is 0. The van der Waals surface area contributed by atoms with Gasteiger partial charge >= 0.3 is 0 Å². The van der Waals surface area contributed by atoms with E-state index in [9.17, 15) is 0 Å². The van der Waals surface area contributed by atoms with Crippen LogP contribution in [0.15, 0.2) is 11.4 Å². The lowest BCUT2D eigenvalue weighted by Crippen LogP contribution is -2.22. The van der Waals surface area contributed by atoms with Gasteiger partial charge in [0.05, 0.1) is 5.39 Å². The second kappa shape index (κ2) is 5.93. The van der Waals surface area contributed by atoms with E-state index >= 15 is 0 Å². The number of nitrogens with one attached hydrogen (secondary N) is 1. The number of anilines is 2. The second-order valence-electron chi connectivity index (χ2n) is 5.15. The highest BCUT2D eigenvalue weighted by Gasteiger charge is 2.25. The first-order chi connectivity index (χ1) is 9.81. The van der Waals surface area contributed by atoms with Crippen LogP contribution in [0.2, 0.25) is 0 Å². The highest BCUT2D eigenvalue weighted by atomic mass is 32.1. The van der Waals surface area contributed by atoms with Crippen molar-refractivity contribution in [1.29, 1.82) is 0 Å². The smallest absolute Gasteiger partial charge is 0.226 e. The van der Waals surface area contributed by atoms with Crippen LogP contribution in [0, 0.1) is 5.92 Å². The lowest BCUT2D eigenvalue weighted by molar-refractivity contribution is 0.263. The van der Waals surface area contributed by atoms with E-state index in [1.165, 1.54) is 0 Å². The number of aromatic nitrogens is 2. The Kier molecular flexibility index (Phi) is 4.03. The Morgan fingerprint density at radius 1 is 1.50 bits per heavy atom. The summed E-state index contributed by atoms with van der Waals surface area (Å²) in [5, 5.41) is 15.5.